The molecule has 2 rings (SSSR count). The lowest BCUT2D eigenvalue weighted by atomic mass is 10.1. The molecule has 1 amide bonds. The molecule has 1 atom stereocenters. The smallest absolute Gasteiger partial charge is 0.379 e. The molecule has 27 heavy (non-hydrogen) atoms. The first kappa shape index (κ1) is 20.7. The van der Waals surface area contributed by atoms with Gasteiger partial charge in [-0.3, -0.25) is 14.9 Å². The van der Waals surface area contributed by atoms with Gasteiger partial charge < -0.3 is 10.4 Å². The van der Waals surface area contributed by atoms with Crippen LogP contribution in [0.3, 0.4) is 0 Å². The number of halogens is 3. The number of nitro benzene ring substituents is 1. The molecule has 0 unspecified atom stereocenters. The summed E-state index contributed by atoms with van der Waals surface area (Å²) in [5.74, 6) is -0.963. The third-order valence-electron chi connectivity index (χ3n) is 3.51. The lowest BCUT2D eigenvalue weighted by Crippen LogP contribution is -2.42. The summed E-state index contributed by atoms with van der Waals surface area (Å²) in [4.78, 5) is 22.7. The van der Waals surface area contributed by atoms with Crippen LogP contribution in [0.1, 0.15) is 12.5 Å². The van der Waals surface area contributed by atoms with E-state index in [-0.39, 0.29) is 11.4 Å². The van der Waals surface area contributed by atoms with Gasteiger partial charge in [-0.25, -0.2) is 0 Å². The van der Waals surface area contributed by atoms with Gasteiger partial charge >= 0.3 is 6.18 Å². The predicted molar refractivity (Wildman–Crippen MR) is 94.5 cm³/mol. The number of hydrogen-bond donors (Lipinski definition) is 2. The number of nitrogens with one attached hydrogen (secondary N) is 1. The minimum atomic E-state index is -4.96. The van der Waals surface area contributed by atoms with E-state index in [1.807, 2.05) is 6.07 Å². The molecule has 144 valence electrons. The van der Waals surface area contributed by atoms with Crippen LogP contribution in [0.15, 0.2) is 53.4 Å². The molecule has 0 radical (unpaired) electrons. The number of alkyl halides is 3. The first-order valence-electron chi connectivity index (χ1n) is 7.58. The van der Waals surface area contributed by atoms with Gasteiger partial charge in [0.25, 0.3) is 11.6 Å². The molecule has 2 aromatic carbocycles. The molecular formula is C17H15F3N2O4S. The van der Waals surface area contributed by atoms with Crippen LogP contribution >= 0.6 is 11.8 Å². The Labute approximate surface area is 156 Å². The molecule has 10 heteroatoms. The summed E-state index contributed by atoms with van der Waals surface area (Å²) in [6.07, 6.45) is -4.96. The third-order valence-corrected chi connectivity index (χ3v) is 4.82. The lowest BCUT2D eigenvalue weighted by molar-refractivity contribution is -0.388. The fraction of sp³-hybridized carbons (Fsp3) is 0.235. The number of rotatable bonds is 6. The molecule has 0 heterocycles. The molecule has 0 aliphatic carbocycles. The van der Waals surface area contributed by atoms with Gasteiger partial charge in [-0.2, -0.15) is 13.2 Å². The zero-order valence-corrected chi connectivity index (χ0v) is 14.8. The third kappa shape index (κ3) is 5.44. The van der Waals surface area contributed by atoms with Crippen LogP contribution in [0, 0.1) is 10.1 Å². The second kappa shape index (κ2) is 7.97. The first-order chi connectivity index (χ1) is 12.5. The normalized spacial score (nSPS) is 13.7. The number of amides is 1. The average molecular weight is 400 g/mol. The molecular weight excluding hydrogens is 385 g/mol. The van der Waals surface area contributed by atoms with Gasteiger partial charge in [0.05, 0.1) is 4.92 Å². The van der Waals surface area contributed by atoms with Gasteiger partial charge in [0, 0.05) is 22.4 Å². The van der Waals surface area contributed by atoms with E-state index in [1.54, 1.807) is 24.3 Å². The number of anilines is 1. The predicted octanol–water partition coefficient (Wildman–Crippen LogP) is 4.10. The molecule has 2 N–H and O–H groups in total. The number of carbonyl (C=O) groups excluding carboxylic acids is 1. The highest BCUT2D eigenvalue weighted by atomic mass is 32.2. The zero-order chi connectivity index (χ0) is 20.2. The number of thioether (sulfide) groups is 1. The van der Waals surface area contributed by atoms with Crippen molar-refractivity contribution in [1.82, 2.24) is 0 Å². The van der Waals surface area contributed by atoms with Crippen LogP contribution in [0.4, 0.5) is 24.5 Å². The fourth-order valence-corrected chi connectivity index (χ4v) is 3.00. The number of aliphatic hydroxyl groups is 1. The van der Waals surface area contributed by atoms with Crippen LogP contribution < -0.4 is 5.32 Å². The Bertz CT molecular complexity index is 842. The van der Waals surface area contributed by atoms with Crippen LogP contribution in [0.25, 0.3) is 0 Å². The minimum absolute atomic E-state index is 0.0397. The van der Waals surface area contributed by atoms with Gasteiger partial charge in [-0.1, -0.05) is 18.2 Å². The number of benzene rings is 2. The van der Waals surface area contributed by atoms with Crippen molar-refractivity contribution in [3.63, 3.8) is 0 Å². The Morgan fingerprint density at radius 2 is 1.85 bits per heavy atom. The van der Waals surface area contributed by atoms with E-state index in [2.05, 4.69) is 5.32 Å². The highest BCUT2D eigenvalue weighted by molar-refractivity contribution is 7.99. The molecule has 0 fully saturated rings. The minimum Gasteiger partial charge on any atom is -0.379 e. The van der Waals surface area contributed by atoms with Crippen molar-refractivity contribution in [1.29, 1.82) is 0 Å². The van der Waals surface area contributed by atoms with E-state index in [0.717, 1.165) is 11.0 Å². The Kier molecular flexibility index (Phi) is 6.11. The van der Waals surface area contributed by atoms with Gasteiger partial charge in [0.1, 0.15) is 11.2 Å². The summed E-state index contributed by atoms with van der Waals surface area (Å²) in [6.45, 7) is 1.23. The maximum atomic E-state index is 13.0. The molecule has 0 bridgehead atoms. The summed E-state index contributed by atoms with van der Waals surface area (Å²) in [5, 5.41) is 23.2. The van der Waals surface area contributed by atoms with Crippen molar-refractivity contribution in [3.05, 3.63) is 64.2 Å². The highest BCUT2D eigenvalue weighted by Crippen LogP contribution is 2.37. The van der Waals surface area contributed by atoms with E-state index in [1.165, 1.54) is 18.7 Å². The molecule has 6 nitrogen and oxygen atoms in total. The van der Waals surface area contributed by atoms with E-state index >= 15 is 0 Å². The van der Waals surface area contributed by atoms with Gasteiger partial charge in [-0.05, 0) is 31.2 Å². The van der Waals surface area contributed by atoms with Gasteiger partial charge in [0.2, 0.25) is 0 Å². The van der Waals surface area contributed by atoms with Crippen LogP contribution in [0.5, 0.6) is 0 Å². The Balaban J connectivity index is 2.15. The molecule has 2 aromatic rings. The number of hydrogen-bond acceptors (Lipinski definition) is 5. The summed E-state index contributed by atoms with van der Waals surface area (Å²) < 4.78 is 39.0. The second-order valence-corrected chi connectivity index (χ2v) is 6.87. The number of nitrogens with zero attached hydrogens (tertiary/aromatic N) is 1. The number of carbonyl (C=O) groups is 1. The van der Waals surface area contributed by atoms with E-state index in [9.17, 15) is 33.2 Å². The van der Waals surface area contributed by atoms with Gasteiger partial charge in [-0.15, -0.1) is 11.8 Å². The van der Waals surface area contributed by atoms with Crippen LogP contribution in [-0.4, -0.2) is 27.3 Å². The quantitative estimate of drug-likeness (QED) is 0.433. The first-order valence-corrected chi connectivity index (χ1v) is 8.56. The van der Waals surface area contributed by atoms with Crippen molar-refractivity contribution in [2.75, 3.05) is 11.1 Å². The zero-order valence-electron chi connectivity index (χ0n) is 14.0. The van der Waals surface area contributed by atoms with Crippen molar-refractivity contribution in [2.45, 2.75) is 23.6 Å². The monoisotopic (exact) mass is 400 g/mol. The summed E-state index contributed by atoms with van der Waals surface area (Å²) in [5.41, 5.74) is -4.78. The van der Waals surface area contributed by atoms with Crippen molar-refractivity contribution in [2.24, 2.45) is 0 Å². The Hall–Kier alpha value is -2.59. The maximum Gasteiger partial charge on any atom is 0.423 e. The fourth-order valence-electron chi connectivity index (χ4n) is 2.07. The SMILES string of the molecule is C[C@](O)(CSc1ccccc1)C(=O)Nc1ccc([N+](=O)[O-])c(C(F)(F)F)c1. The van der Waals surface area contributed by atoms with E-state index in [4.69, 9.17) is 0 Å². The standard InChI is InChI=1S/C17H15F3N2O4S/c1-16(24,10-27-12-5-3-2-4-6-12)15(23)21-11-7-8-14(22(25)26)13(9-11)17(18,19)20/h2-9,24H,10H2,1H3,(H,21,23)/t16-/m0/s1. The summed E-state index contributed by atoms with van der Waals surface area (Å²) in [7, 11) is 0. The van der Waals surface area contributed by atoms with Crippen LogP contribution in [-0.2, 0) is 11.0 Å². The maximum absolute atomic E-state index is 13.0. The molecule has 0 aromatic heterocycles. The molecule has 0 aliphatic heterocycles. The van der Waals surface area contributed by atoms with Gasteiger partial charge in [0.15, 0.2) is 0 Å². The second-order valence-electron chi connectivity index (χ2n) is 5.82. The van der Waals surface area contributed by atoms with E-state index < -0.39 is 33.9 Å². The average Bonchev–Trinajstić information content (AvgIpc) is 2.60. The number of nitro groups is 1. The van der Waals surface area contributed by atoms with Crippen LogP contribution in [0.2, 0.25) is 0 Å². The largest absolute Gasteiger partial charge is 0.423 e. The molecule has 0 spiro atoms. The Morgan fingerprint density at radius 1 is 1.22 bits per heavy atom. The summed E-state index contributed by atoms with van der Waals surface area (Å²) in [6, 6.07) is 11.0. The van der Waals surface area contributed by atoms with E-state index in [0.29, 0.717) is 12.1 Å². The lowest BCUT2D eigenvalue weighted by Gasteiger charge is -2.22. The Morgan fingerprint density at radius 3 is 2.41 bits per heavy atom. The van der Waals surface area contributed by atoms with Crippen molar-refractivity contribution < 1.29 is 28.0 Å². The molecule has 0 saturated carbocycles. The summed E-state index contributed by atoms with van der Waals surface area (Å²) >= 11 is 1.20. The molecule has 0 saturated heterocycles. The molecule has 0 aliphatic rings. The highest BCUT2D eigenvalue weighted by Gasteiger charge is 2.39. The van der Waals surface area contributed by atoms with Crippen molar-refractivity contribution in [3.8, 4) is 0 Å². The van der Waals surface area contributed by atoms with Crippen molar-refractivity contribution >= 4 is 29.0 Å². The topological polar surface area (TPSA) is 92.5 Å².